The minimum absolute atomic E-state index is 0.0478. The third-order valence-electron chi connectivity index (χ3n) is 5.27. The Morgan fingerprint density at radius 3 is 2.73 bits per heavy atom. The number of ether oxygens (including phenoxy) is 3. The van der Waals surface area contributed by atoms with Gasteiger partial charge in [-0.3, -0.25) is 5.41 Å². The molecule has 4 N–H and O–H groups in total. The SMILES string of the molecule is COc1ccc2nc(OCC(Oc3cccc4sc(C(=N)N)cc34)c3ccccc3)[nH]c2c1. The van der Waals surface area contributed by atoms with Crippen LogP contribution in [0.25, 0.3) is 21.1 Å². The van der Waals surface area contributed by atoms with E-state index in [-0.39, 0.29) is 18.5 Å². The molecule has 0 amide bonds. The van der Waals surface area contributed by atoms with Crippen LogP contribution >= 0.6 is 11.3 Å². The number of nitrogens with two attached hydrogens (primary N) is 1. The van der Waals surface area contributed by atoms with Crippen molar-refractivity contribution in [3.63, 3.8) is 0 Å². The van der Waals surface area contributed by atoms with E-state index in [0.717, 1.165) is 32.4 Å². The number of nitrogens with one attached hydrogen (secondary N) is 2. The van der Waals surface area contributed by atoms with Crippen molar-refractivity contribution in [2.75, 3.05) is 13.7 Å². The normalized spacial score (nSPS) is 12.0. The zero-order valence-electron chi connectivity index (χ0n) is 17.9. The second-order valence-electron chi connectivity index (χ2n) is 7.45. The van der Waals surface area contributed by atoms with Gasteiger partial charge in [-0.2, -0.15) is 4.98 Å². The summed E-state index contributed by atoms with van der Waals surface area (Å²) in [5.74, 6) is 1.51. The number of rotatable bonds is 8. The number of amidine groups is 1. The predicted molar refractivity (Wildman–Crippen MR) is 131 cm³/mol. The highest BCUT2D eigenvalue weighted by atomic mass is 32.1. The van der Waals surface area contributed by atoms with E-state index in [0.29, 0.717) is 16.6 Å². The molecule has 0 bridgehead atoms. The van der Waals surface area contributed by atoms with Crippen LogP contribution in [0.1, 0.15) is 16.5 Å². The molecule has 1 unspecified atom stereocenters. The van der Waals surface area contributed by atoms with Crippen LogP contribution in [0.4, 0.5) is 0 Å². The fourth-order valence-electron chi connectivity index (χ4n) is 3.60. The van der Waals surface area contributed by atoms with E-state index >= 15 is 0 Å². The van der Waals surface area contributed by atoms with E-state index < -0.39 is 0 Å². The Balaban J connectivity index is 1.43. The van der Waals surface area contributed by atoms with E-state index in [2.05, 4.69) is 9.97 Å². The third-order valence-corrected chi connectivity index (χ3v) is 6.40. The summed E-state index contributed by atoms with van der Waals surface area (Å²) in [5.41, 5.74) is 8.31. The second-order valence-corrected chi connectivity index (χ2v) is 8.53. The summed E-state index contributed by atoms with van der Waals surface area (Å²) in [6.07, 6.45) is -0.375. The molecule has 0 fully saturated rings. The van der Waals surface area contributed by atoms with Crippen molar-refractivity contribution in [3.8, 4) is 17.5 Å². The molecule has 0 radical (unpaired) electrons. The van der Waals surface area contributed by atoms with Crippen molar-refractivity contribution in [1.82, 2.24) is 9.97 Å². The van der Waals surface area contributed by atoms with E-state index in [9.17, 15) is 0 Å². The first-order chi connectivity index (χ1) is 16.1. The van der Waals surface area contributed by atoms with Gasteiger partial charge < -0.3 is 24.9 Å². The van der Waals surface area contributed by atoms with Gasteiger partial charge in [0, 0.05) is 16.2 Å². The number of aromatic nitrogens is 2. The molecule has 7 nitrogen and oxygen atoms in total. The number of fused-ring (bicyclic) bond motifs is 2. The van der Waals surface area contributed by atoms with E-state index in [1.54, 1.807) is 7.11 Å². The van der Waals surface area contributed by atoms with Crippen LogP contribution in [-0.2, 0) is 0 Å². The highest BCUT2D eigenvalue weighted by Gasteiger charge is 2.18. The Hall–Kier alpha value is -4.04. The number of hydrogen-bond acceptors (Lipinski definition) is 6. The lowest BCUT2D eigenvalue weighted by Crippen LogP contribution is -2.17. The Bertz CT molecular complexity index is 1430. The van der Waals surface area contributed by atoms with Gasteiger partial charge in [0.2, 0.25) is 0 Å². The lowest BCUT2D eigenvalue weighted by Gasteiger charge is -2.20. The number of aromatic amines is 1. The molecule has 5 rings (SSSR count). The Morgan fingerprint density at radius 1 is 1.09 bits per heavy atom. The Morgan fingerprint density at radius 2 is 1.94 bits per heavy atom. The number of imidazole rings is 1. The number of nitrogen functional groups attached to an aromatic ring is 1. The number of benzene rings is 3. The zero-order chi connectivity index (χ0) is 22.8. The molecule has 0 saturated carbocycles. The molecular weight excluding hydrogens is 436 g/mol. The van der Waals surface area contributed by atoms with E-state index in [1.807, 2.05) is 72.8 Å². The molecule has 3 aromatic carbocycles. The van der Waals surface area contributed by atoms with Crippen molar-refractivity contribution in [1.29, 1.82) is 5.41 Å². The van der Waals surface area contributed by atoms with Gasteiger partial charge in [0.25, 0.3) is 6.01 Å². The first-order valence-corrected chi connectivity index (χ1v) is 11.2. The molecule has 0 saturated heterocycles. The number of nitrogens with zero attached hydrogens (tertiary/aromatic N) is 1. The highest BCUT2D eigenvalue weighted by Crippen LogP contribution is 2.35. The summed E-state index contributed by atoms with van der Waals surface area (Å²) in [4.78, 5) is 8.40. The number of thiophene rings is 1. The maximum absolute atomic E-state index is 7.76. The van der Waals surface area contributed by atoms with Gasteiger partial charge >= 0.3 is 0 Å². The van der Waals surface area contributed by atoms with Gasteiger partial charge in [-0.05, 0) is 35.9 Å². The minimum atomic E-state index is -0.375. The van der Waals surface area contributed by atoms with Gasteiger partial charge in [-0.1, -0.05) is 36.4 Å². The van der Waals surface area contributed by atoms with Crippen LogP contribution in [0.5, 0.6) is 17.5 Å². The number of hydrogen-bond donors (Lipinski definition) is 3. The van der Waals surface area contributed by atoms with Crippen LogP contribution in [0, 0.1) is 5.41 Å². The molecule has 0 aliphatic heterocycles. The average Bonchev–Trinajstić information content (AvgIpc) is 3.46. The first kappa shape index (κ1) is 20.8. The summed E-state index contributed by atoms with van der Waals surface area (Å²) < 4.78 is 18.8. The van der Waals surface area contributed by atoms with Crippen LogP contribution in [0.3, 0.4) is 0 Å². The van der Waals surface area contributed by atoms with Gasteiger partial charge in [0.05, 0.1) is 23.0 Å². The third kappa shape index (κ3) is 4.33. The smallest absolute Gasteiger partial charge is 0.294 e. The lowest BCUT2D eigenvalue weighted by atomic mass is 10.1. The van der Waals surface area contributed by atoms with Crippen LogP contribution < -0.4 is 19.9 Å². The molecule has 0 aliphatic carbocycles. The van der Waals surface area contributed by atoms with Crippen molar-refractivity contribution >= 4 is 38.3 Å². The average molecular weight is 459 g/mol. The fraction of sp³-hybridized carbons (Fsp3) is 0.120. The molecule has 5 aromatic rings. The van der Waals surface area contributed by atoms with Gasteiger partial charge in [0.1, 0.15) is 23.9 Å². The minimum Gasteiger partial charge on any atom is -0.497 e. The highest BCUT2D eigenvalue weighted by molar-refractivity contribution is 7.20. The summed E-state index contributed by atoms with van der Waals surface area (Å²) >= 11 is 1.47. The maximum Gasteiger partial charge on any atom is 0.294 e. The molecule has 0 aliphatic rings. The van der Waals surface area contributed by atoms with Crippen LogP contribution in [0.2, 0.25) is 0 Å². The molecule has 166 valence electrons. The first-order valence-electron chi connectivity index (χ1n) is 10.4. The molecule has 2 heterocycles. The van der Waals surface area contributed by atoms with Gasteiger partial charge in [0.15, 0.2) is 6.10 Å². The van der Waals surface area contributed by atoms with Gasteiger partial charge in [-0.25, -0.2) is 0 Å². The van der Waals surface area contributed by atoms with Crippen molar-refractivity contribution in [3.05, 3.63) is 83.2 Å². The number of H-pyrrole nitrogens is 1. The van der Waals surface area contributed by atoms with Crippen LogP contribution in [-0.4, -0.2) is 29.5 Å². The monoisotopic (exact) mass is 458 g/mol. The summed E-state index contributed by atoms with van der Waals surface area (Å²) in [6.45, 7) is 0.251. The lowest BCUT2D eigenvalue weighted by molar-refractivity contribution is 0.125. The van der Waals surface area contributed by atoms with Crippen molar-refractivity contribution < 1.29 is 14.2 Å². The van der Waals surface area contributed by atoms with Gasteiger partial charge in [-0.15, -0.1) is 11.3 Å². The number of methoxy groups -OCH3 is 1. The molecule has 33 heavy (non-hydrogen) atoms. The topological polar surface area (TPSA) is 106 Å². The van der Waals surface area contributed by atoms with E-state index in [4.69, 9.17) is 25.4 Å². The second kappa shape index (κ2) is 8.84. The molecule has 1 atom stereocenters. The van der Waals surface area contributed by atoms with Crippen LogP contribution in [0.15, 0.2) is 72.8 Å². The van der Waals surface area contributed by atoms with Crippen molar-refractivity contribution in [2.24, 2.45) is 5.73 Å². The summed E-state index contributed by atoms with van der Waals surface area (Å²) in [5, 5.41) is 8.68. The molecule has 8 heteroatoms. The Kier molecular flexibility index (Phi) is 5.58. The summed E-state index contributed by atoms with van der Waals surface area (Å²) in [6, 6.07) is 23.7. The molecular formula is C25H22N4O3S. The summed E-state index contributed by atoms with van der Waals surface area (Å²) in [7, 11) is 1.63. The standard InChI is InChI=1S/C25H22N4O3S/c1-30-16-10-11-18-19(12-16)29-25(28-18)31-14-21(15-6-3-2-4-7-15)32-20-8-5-9-22-17(20)13-23(33-22)24(26)27/h2-13,21H,14H2,1H3,(H3,26,27)(H,28,29). The predicted octanol–water partition coefficient (Wildman–Crippen LogP) is 5.27. The largest absolute Gasteiger partial charge is 0.497 e. The van der Waals surface area contributed by atoms with Crippen molar-refractivity contribution in [2.45, 2.75) is 6.10 Å². The quantitative estimate of drug-likeness (QED) is 0.217. The zero-order valence-corrected chi connectivity index (χ0v) is 18.7. The Labute approximate surface area is 194 Å². The molecule has 0 spiro atoms. The fourth-order valence-corrected chi connectivity index (χ4v) is 4.54. The van der Waals surface area contributed by atoms with E-state index in [1.165, 1.54) is 11.3 Å². The molecule has 2 aromatic heterocycles. The maximum atomic E-state index is 7.76.